The molecule has 0 aromatic heterocycles. The number of carbonyl (C=O) groups is 4. The normalized spacial score (nSPS) is 19.0. The molecule has 0 bridgehead atoms. The van der Waals surface area contributed by atoms with Gasteiger partial charge < -0.3 is 20.5 Å². The van der Waals surface area contributed by atoms with Gasteiger partial charge in [-0.3, -0.25) is 9.59 Å². The highest BCUT2D eigenvalue weighted by atomic mass is 16.5. The number of nitrogens with one attached hydrogen (secondary N) is 2. The summed E-state index contributed by atoms with van der Waals surface area (Å²) in [5.74, 6) is -0.497. The maximum absolute atomic E-state index is 12.4. The lowest BCUT2D eigenvalue weighted by Gasteiger charge is -2.28. The van der Waals surface area contributed by atoms with E-state index in [1.54, 1.807) is 0 Å². The number of aliphatic carboxylic acids is 1. The molecule has 238 valence electrons. The van der Waals surface area contributed by atoms with Gasteiger partial charge in [-0.25, -0.2) is 9.59 Å². The lowest BCUT2D eigenvalue weighted by molar-refractivity contribution is -0.146. The number of rotatable bonds is 16. The molecular formula is C33H60N2O6. The third-order valence-corrected chi connectivity index (χ3v) is 9.15. The fourth-order valence-electron chi connectivity index (χ4n) is 6.15. The summed E-state index contributed by atoms with van der Waals surface area (Å²) in [6, 6.07) is -1.21. The average molecular weight is 581 g/mol. The number of carboxylic acid groups (broad SMARTS) is 1. The van der Waals surface area contributed by atoms with Crippen molar-refractivity contribution in [2.24, 2.45) is 23.7 Å². The summed E-state index contributed by atoms with van der Waals surface area (Å²) >= 11 is 0. The van der Waals surface area contributed by atoms with Crippen LogP contribution in [0.5, 0.6) is 0 Å². The summed E-state index contributed by atoms with van der Waals surface area (Å²) in [6.45, 7) is 8.14. The summed E-state index contributed by atoms with van der Waals surface area (Å²) < 4.78 is 4.82. The van der Waals surface area contributed by atoms with Crippen LogP contribution in [0, 0.1) is 23.7 Å². The number of hydrogen-bond acceptors (Lipinski definition) is 5. The second kappa shape index (κ2) is 21.6. The Bertz CT molecular complexity index is 761. The van der Waals surface area contributed by atoms with E-state index >= 15 is 0 Å². The van der Waals surface area contributed by atoms with E-state index in [4.69, 9.17) is 4.74 Å². The largest absolute Gasteiger partial charge is 0.480 e. The third-order valence-electron chi connectivity index (χ3n) is 9.15. The Kier molecular flexibility index (Phi) is 19.4. The van der Waals surface area contributed by atoms with E-state index in [0.29, 0.717) is 24.7 Å². The Morgan fingerprint density at radius 3 is 1.44 bits per heavy atom. The lowest BCUT2D eigenvalue weighted by atomic mass is 9.80. The maximum Gasteiger partial charge on any atom is 0.328 e. The molecule has 2 fully saturated rings. The van der Waals surface area contributed by atoms with E-state index in [2.05, 4.69) is 24.5 Å². The van der Waals surface area contributed by atoms with Crippen LogP contribution in [0.25, 0.3) is 0 Å². The first-order valence-electron chi connectivity index (χ1n) is 16.6. The van der Waals surface area contributed by atoms with E-state index in [1.165, 1.54) is 45.6 Å². The smallest absolute Gasteiger partial charge is 0.328 e. The van der Waals surface area contributed by atoms with E-state index in [0.717, 1.165) is 64.2 Å². The first-order valence-corrected chi connectivity index (χ1v) is 16.6. The number of amides is 2. The predicted octanol–water partition coefficient (Wildman–Crippen LogP) is 6.79. The van der Waals surface area contributed by atoms with E-state index in [1.807, 2.05) is 13.8 Å². The second-order valence-electron chi connectivity index (χ2n) is 12.3. The second-order valence-corrected chi connectivity index (χ2v) is 12.3. The van der Waals surface area contributed by atoms with Crippen LogP contribution < -0.4 is 10.6 Å². The molecule has 0 heterocycles. The molecule has 2 aliphatic rings. The molecule has 8 heteroatoms. The van der Waals surface area contributed by atoms with Crippen molar-refractivity contribution >= 4 is 23.8 Å². The minimum Gasteiger partial charge on any atom is -0.480 e. The van der Waals surface area contributed by atoms with Gasteiger partial charge in [-0.15, -0.1) is 0 Å². The van der Waals surface area contributed by atoms with E-state index < -0.39 is 18.1 Å². The highest BCUT2D eigenvalue weighted by Gasteiger charge is 2.30. The minimum atomic E-state index is -0.912. The molecule has 0 spiro atoms. The number of carbonyl (C=O) groups excluding carboxylic acids is 3. The molecule has 0 aromatic carbocycles. The summed E-state index contributed by atoms with van der Waals surface area (Å²) in [6.07, 6.45) is 19.1. The van der Waals surface area contributed by atoms with Gasteiger partial charge in [0.2, 0.25) is 11.8 Å². The van der Waals surface area contributed by atoms with Crippen molar-refractivity contribution in [3.63, 3.8) is 0 Å². The standard InChI is InChI=1S/C17H31NO3.C16H29NO3/c1-4-5-7-12-15(17(20)21-3)18-16(19)13(2)14-10-8-6-9-11-14;1-3-4-6-11-14(16(19)20)17-15(18)12(2)13-9-7-5-8-10-13/h13-15H,4-12H2,1-3H3,(H,18,19);12-14H,3-11H2,1-2H3,(H,17,18)(H,19,20)/t13-,15-;12-,14?/m00/s1. The van der Waals surface area contributed by atoms with E-state index in [-0.39, 0.29) is 29.6 Å². The van der Waals surface area contributed by atoms with Crippen molar-refractivity contribution in [2.45, 2.75) is 155 Å². The van der Waals surface area contributed by atoms with Gasteiger partial charge in [-0.2, -0.15) is 0 Å². The van der Waals surface area contributed by atoms with Gasteiger partial charge in [0, 0.05) is 11.8 Å². The number of carboxylic acids is 1. The summed E-state index contributed by atoms with van der Waals surface area (Å²) in [4.78, 5) is 47.6. The topological polar surface area (TPSA) is 122 Å². The Morgan fingerprint density at radius 2 is 1.07 bits per heavy atom. The zero-order valence-electron chi connectivity index (χ0n) is 26.7. The van der Waals surface area contributed by atoms with Crippen molar-refractivity contribution in [1.82, 2.24) is 10.6 Å². The molecule has 2 aliphatic carbocycles. The number of esters is 1. The fourth-order valence-corrected chi connectivity index (χ4v) is 6.15. The van der Waals surface area contributed by atoms with Gasteiger partial charge in [0.05, 0.1) is 7.11 Å². The summed E-state index contributed by atoms with van der Waals surface area (Å²) in [7, 11) is 1.38. The highest BCUT2D eigenvalue weighted by molar-refractivity contribution is 5.86. The van der Waals surface area contributed by atoms with Crippen molar-refractivity contribution in [2.75, 3.05) is 7.11 Å². The lowest BCUT2D eigenvalue weighted by Crippen LogP contribution is -2.45. The van der Waals surface area contributed by atoms with Crippen molar-refractivity contribution < 1.29 is 29.0 Å². The summed E-state index contributed by atoms with van der Waals surface area (Å²) in [5, 5.41) is 14.8. The van der Waals surface area contributed by atoms with Crippen LogP contribution in [-0.4, -0.2) is 48.1 Å². The van der Waals surface area contributed by atoms with E-state index in [9.17, 15) is 24.3 Å². The van der Waals surface area contributed by atoms with Gasteiger partial charge in [-0.05, 0) is 50.4 Å². The molecule has 8 nitrogen and oxygen atoms in total. The van der Waals surface area contributed by atoms with Crippen LogP contribution in [0.1, 0.15) is 143 Å². The van der Waals surface area contributed by atoms with Crippen LogP contribution >= 0.6 is 0 Å². The van der Waals surface area contributed by atoms with Crippen molar-refractivity contribution in [1.29, 1.82) is 0 Å². The molecule has 0 saturated heterocycles. The number of ether oxygens (including phenoxy) is 1. The molecule has 3 N–H and O–H groups in total. The van der Waals surface area contributed by atoms with Crippen LogP contribution in [0.2, 0.25) is 0 Å². The molecular weight excluding hydrogens is 520 g/mol. The molecule has 1 unspecified atom stereocenters. The predicted molar refractivity (Wildman–Crippen MR) is 163 cm³/mol. The molecule has 0 aromatic rings. The van der Waals surface area contributed by atoms with Crippen LogP contribution in [0.15, 0.2) is 0 Å². The van der Waals surface area contributed by atoms with Crippen LogP contribution in [0.3, 0.4) is 0 Å². The first-order chi connectivity index (χ1) is 19.7. The monoisotopic (exact) mass is 580 g/mol. The number of methoxy groups -OCH3 is 1. The van der Waals surface area contributed by atoms with Gasteiger partial charge in [-0.1, -0.05) is 105 Å². The quantitative estimate of drug-likeness (QED) is 0.136. The van der Waals surface area contributed by atoms with Gasteiger partial charge in [0.1, 0.15) is 12.1 Å². The number of hydrogen-bond donors (Lipinski definition) is 3. The van der Waals surface area contributed by atoms with Crippen LogP contribution in [-0.2, 0) is 23.9 Å². The first kappa shape index (κ1) is 36.9. The zero-order chi connectivity index (χ0) is 30.6. The Morgan fingerprint density at radius 1 is 0.683 bits per heavy atom. The Labute approximate surface area is 249 Å². The van der Waals surface area contributed by atoms with Gasteiger partial charge in [0.25, 0.3) is 0 Å². The molecule has 2 saturated carbocycles. The fraction of sp³-hybridized carbons (Fsp3) is 0.879. The third kappa shape index (κ3) is 14.6. The Hall–Kier alpha value is -2.12. The highest BCUT2D eigenvalue weighted by Crippen LogP contribution is 2.31. The molecule has 4 atom stereocenters. The van der Waals surface area contributed by atoms with Gasteiger partial charge in [0.15, 0.2) is 0 Å². The molecule has 0 aliphatic heterocycles. The zero-order valence-corrected chi connectivity index (χ0v) is 26.7. The molecule has 2 rings (SSSR count). The van der Waals surface area contributed by atoms with Crippen LogP contribution in [0.4, 0.5) is 0 Å². The average Bonchev–Trinajstić information content (AvgIpc) is 3.00. The van der Waals surface area contributed by atoms with Gasteiger partial charge >= 0.3 is 11.9 Å². The number of unbranched alkanes of at least 4 members (excludes halogenated alkanes) is 4. The Balaban J connectivity index is 0.000000410. The van der Waals surface area contributed by atoms with Crippen molar-refractivity contribution in [3.05, 3.63) is 0 Å². The molecule has 41 heavy (non-hydrogen) atoms. The SMILES string of the molecule is CCCCCC(NC(=O)[C@@H](C)C1CCCCC1)C(=O)O.CCCCC[C@H](NC(=O)[C@@H](C)C1CCCCC1)C(=O)OC. The summed E-state index contributed by atoms with van der Waals surface area (Å²) in [5.41, 5.74) is 0. The minimum absolute atomic E-state index is 0.00815. The van der Waals surface area contributed by atoms with Crippen molar-refractivity contribution in [3.8, 4) is 0 Å². The molecule has 0 radical (unpaired) electrons. The maximum atomic E-state index is 12.4. The molecule has 2 amide bonds.